The summed E-state index contributed by atoms with van der Waals surface area (Å²) in [4.78, 5) is 0.272. The van der Waals surface area contributed by atoms with E-state index in [9.17, 15) is 8.42 Å². The highest BCUT2D eigenvalue weighted by atomic mass is 32.2. The molecular weight excluding hydrogens is 286 g/mol. The Morgan fingerprint density at radius 1 is 1.29 bits per heavy atom. The Bertz CT molecular complexity index is 744. The predicted octanol–water partition coefficient (Wildman–Crippen LogP) is 2.66. The number of aryl methyl sites for hydroxylation is 2. The molecule has 0 saturated heterocycles. The first-order valence-electron chi connectivity index (χ1n) is 7.15. The van der Waals surface area contributed by atoms with Gasteiger partial charge in [0.1, 0.15) is 5.82 Å². The van der Waals surface area contributed by atoms with E-state index in [1.165, 1.54) is 0 Å². The van der Waals surface area contributed by atoms with Crippen LogP contribution in [0, 0.1) is 0 Å². The molecule has 0 aliphatic heterocycles. The van der Waals surface area contributed by atoms with E-state index in [4.69, 9.17) is 0 Å². The van der Waals surface area contributed by atoms with E-state index >= 15 is 0 Å². The Labute approximate surface area is 125 Å². The molecule has 6 heteroatoms. The zero-order valence-corrected chi connectivity index (χ0v) is 13.0. The first kappa shape index (κ1) is 14.1. The van der Waals surface area contributed by atoms with Crippen molar-refractivity contribution in [1.29, 1.82) is 0 Å². The lowest BCUT2D eigenvalue weighted by molar-refractivity contribution is 0.600. The van der Waals surface area contributed by atoms with Crippen molar-refractivity contribution in [2.75, 3.05) is 4.72 Å². The largest absolute Gasteiger partial charge is 0.264 e. The van der Waals surface area contributed by atoms with Crippen LogP contribution in [0.1, 0.15) is 36.9 Å². The van der Waals surface area contributed by atoms with Crippen LogP contribution in [-0.2, 0) is 23.5 Å². The number of rotatable bonds is 5. The highest BCUT2D eigenvalue weighted by Crippen LogP contribution is 2.40. The average Bonchev–Trinajstić information content (AvgIpc) is 3.25. The third-order valence-electron chi connectivity index (χ3n) is 3.78. The van der Waals surface area contributed by atoms with Gasteiger partial charge in [-0.05, 0) is 37.0 Å². The van der Waals surface area contributed by atoms with Crippen LogP contribution in [0.2, 0.25) is 0 Å². The van der Waals surface area contributed by atoms with Gasteiger partial charge in [-0.3, -0.25) is 9.40 Å². The fourth-order valence-corrected chi connectivity index (χ4v) is 3.34. The minimum absolute atomic E-state index is 0.272. The van der Waals surface area contributed by atoms with E-state index in [-0.39, 0.29) is 4.90 Å². The average molecular weight is 305 g/mol. The molecule has 0 bridgehead atoms. The van der Waals surface area contributed by atoms with Gasteiger partial charge in [-0.2, -0.15) is 5.10 Å². The summed E-state index contributed by atoms with van der Waals surface area (Å²) in [5.74, 6) is 1.01. The third kappa shape index (κ3) is 2.95. The quantitative estimate of drug-likeness (QED) is 0.923. The summed E-state index contributed by atoms with van der Waals surface area (Å²) in [6.07, 6.45) is 3.17. The van der Waals surface area contributed by atoms with Crippen LogP contribution in [0.5, 0.6) is 0 Å². The summed E-state index contributed by atoms with van der Waals surface area (Å²) in [6.45, 7) is 2.04. The fourth-order valence-electron chi connectivity index (χ4n) is 2.26. The zero-order chi connectivity index (χ0) is 15.0. The lowest BCUT2D eigenvalue weighted by atomic mass is 10.2. The van der Waals surface area contributed by atoms with Crippen molar-refractivity contribution in [3.63, 3.8) is 0 Å². The predicted molar refractivity (Wildman–Crippen MR) is 81.8 cm³/mol. The second-order valence-electron chi connectivity index (χ2n) is 5.46. The standard InChI is InChI=1S/C15H19N3O2S/c1-3-11-4-8-13(9-5-11)21(19,20)17-15-10-14(12-6-7-12)16-18(15)2/h4-5,8-10,12,17H,3,6-7H2,1-2H3. The van der Waals surface area contributed by atoms with Gasteiger partial charge in [0.05, 0.1) is 10.6 Å². The molecule has 5 nitrogen and oxygen atoms in total. The summed E-state index contributed by atoms with van der Waals surface area (Å²) >= 11 is 0. The molecule has 0 spiro atoms. The lowest BCUT2D eigenvalue weighted by Gasteiger charge is -2.08. The SMILES string of the molecule is CCc1ccc(S(=O)(=O)Nc2cc(C3CC3)nn2C)cc1. The van der Waals surface area contributed by atoms with Crippen LogP contribution in [0.4, 0.5) is 5.82 Å². The van der Waals surface area contributed by atoms with Crippen LogP contribution in [0.3, 0.4) is 0 Å². The molecular formula is C15H19N3O2S. The van der Waals surface area contributed by atoms with Crippen LogP contribution in [0.25, 0.3) is 0 Å². The lowest BCUT2D eigenvalue weighted by Crippen LogP contribution is -2.15. The molecule has 1 aliphatic rings. The molecule has 0 atom stereocenters. The number of nitrogens with zero attached hydrogens (tertiary/aromatic N) is 2. The summed E-state index contributed by atoms with van der Waals surface area (Å²) in [6, 6.07) is 8.79. The molecule has 1 heterocycles. The third-order valence-corrected chi connectivity index (χ3v) is 5.15. The number of anilines is 1. The first-order valence-corrected chi connectivity index (χ1v) is 8.63. The molecule has 2 aromatic rings. The zero-order valence-electron chi connectivity index (χ0n) is 12.2. The van der Waals surface area contributed by atoms with Crippen molar-refractivity contribution in [2.45, 2.75) is 37.0 Å². The second-order valence-corrected chi connectivity index (χ2v) is 7.14. The van der Waals surface area contributed by atoms with Gasteiger partial charge in [-0.25, -0.2) is 8.42 Å². The molecule has 1 N–H and O–H groups in total. The van der Waals surface area contributed by atoms with Gasteiger partial charge < -0.3 is 0 Å². The smallest absolute Gasteiger partial charge is 0.263 e. The van der Waals surface area contributed by atoms with E-state index in [1.54, 1.807) is 23.9 Å². The maximum atomic E-state index is 12.4. The van der Waals surface area contributed by atoms with Crippen LogP contribution in [0.15, 0.2) is 35.2 Å². The minimum atomic E-state index is -3.56. The summed E-state index contributed by atoms with van der Waals surface area (Å²) in [5, 5.41) is 4.37. The Morgan fingerprint density at radius 2 is 1.95 bits per heavy atom. The Kier molecular flexibility index (Phi) is 3.49. The van der Waals surface area contributed by atoms with E-state index in [0.717, 1.165) is 30.5 Å². The summed E-state index contributed by atoms with van der Waals surface area (Å²) in [7, 11) is -1.81. The number of benzene rings is 1. The molecule has 0 radical (unpaired) electrons. The molecule has 21 heavy (non-hydrogen) atoms. The van der Waals surface area contributed by atoms with E-state index in [1.807, 2.05) is 25.1 Å². The first-order chi connectivity index (χ1) is 9.99. The minimum Gasteiger partial charge on any atom is -0.264 e. The van der Waals surface area contributed by atoms with Crippen molar-refractivity contribution in [3.05, 3.63) is 41.6 Å². The maximum absolute atomic E-state index is 12.4. The normalized spacial score (nSPS) is 15.1. The topological polar surface area (TPSA) is 64.0 Å². The fraction of sp³-hybridized carbons (Fsp3) is 0.400. The Hall–Kier alpha value is -1.82. The molecule has 112 valence electrons. The second kappa shape index (κ2) is 5.18. The van der Waals surface area contributed by atoms with E-state index in [0.29, 0.717) is 11.7 Å². The van der Waals surface area contributed by atoms with Gasteiger partial charge in [-0.15, -0.1) is 0 Å². The molecule has 1 saturated carbocycles. The number of sulfonamides is 1. The number of hydrogen-bond donors (Lipinski definition) is 1. The molecule has 1 aromatic heterocycles. The van der Waals surface area contributed by atoms with Crippen LogP contribution < -0.4 is 4.72 Å². The molecule has 1 fully saturated rings. The van der Waals surface area contributed by atoms with Crippen LogP contribution >= 0.6 is 0 Å². The summed E-state index contributed by atoms with van der Waals surface area (Å²) < 4.78 is 29.0. The molecule has 3 rings (SSSR count). The maximum Gasteiger partial charge on any atom is 0.263 e. The summed E-state index contributed by atoms with van der Waals surface area (Å²) in [5.41, 5.74) is 2.09. The molecule has 0 amide bonds. The van der Waals surface area contributed by atoms with E-state index in [2.05, 4.69) is 9.82 Å². The highest BCUT2D eigenvalue weighted by Gasteiger charge is 2.27. The Balaban J connectivity index is 1.84. The number of aromatic nitrogens is 2. The Morgan fingerprint density at radius 3 is 2.52 bits per heavy atom. The van der Waals surface area contributed by atoms with Gasteiger partial charge >= 0.3 is 0 Å². The van der Waals surface area contributed by atoms with Gasteiger partial charge in [0, 0.05) is 19.0 Å². The van der Waals surface area contributed by atoms with E-state index < -0.39 is 10.0 Å². The molecule has 1 aromatic carbocycles. The number of nitrogens with one attached hydrogen (secondary N) is 1. The van der Waals surface area contributed by atoms with Gasteiger partial charge in [-0.1, -0.05) is 19.1 Å². The van der Waals surface area contributed by atoms with Gasteiger partial charge in [0.25, 0.3) is 10.0 Å². The van der Waals surface area contributed by atoms with Gasteiger partial charge in [0.2, 0.25) is 0 Å². The van der Waals surface area contributed by atoms with Crippen molar-refractivity contribution in [3.8, 4) is 0 Å². The van der Waals surface area contributed by atoms with Crippen LogP contribution in [-0.4, -0.2) is 18.2 Å². The monoisotopic (exact) mass is 305 g/mol. The van der Waals surface area contributed by atoms with Gasteiger partial charge in [0.15, 0.2) is 0 Å². The van der Waals surface area contributed by atoms with Crippen molar-refractivity contribution < 1.29 is 8.42 Å². The number of hydrogen-bond acceptors (Lipinski definition) is 3. The van der Waals surface area contributed by atoms with Crippen molar-refractivity contribution in [2.24, 2.45) is 7.05 Å². The molecule has 1 aliphatic carbocycles. The highest BCUT2D eigenvalue weighted by molar-refractivity contribution is 7.92. The van der Waals surface area contributed by atoms with Crippen molar-refractivity contribution >= 4 is 15.8 Å². The molecule has 0 unspecified atom stereocenters. The van der Waals surface area contributed by atoms with Crippen molar-refractivity contribution in [1.82, 2.24) is 9.78 Å².